The predicted octanol–water partition coefficient (Wildman–Crippen LogP) is 1.55. The average Bonchev–Trinajstić information content (AvgIpc) is 2.48. The number of carboxylic acid groups (broad SMARTS) is 1. The Balaban J connectivity index is 1.97. The van der Waals surface area contributed by atoms with Crippen LogP contribution in [0.1, 0.15) is 33.1 Å². The van der Waals surface area contributed by atoms with Crippen molar-refractivity contribution in [3.05, 3.63) is 58.4 Å². The first-order valence-electron chi connectivity index (χ1n) is 6.70. The molecule has 0 saturated carbocycles. The highest BCUT2D eigenvalue weighted by atomic mass is 19.1. The molecule has 1 aliphatic rings. The summed E-state index contributed by atoms with van der Waals surface area (Å²) >= 11 is 0. The zero-order chi connectivity index (χ0) is 14.8. The van der Waals surface area contributed by atoms with Gasteiger partial charge in [0, 0.05) is 18.5 Å². The van der Waals surface area contributed by atoms with Crippen LogP contribution in [0.4, 0.5) is 4.39 Å². The van der Waals surface area contributed by atoms with E-state index >= 15 is 0 Å². The van der Waals surface area contributed by atoms with E-state index in [1.165, 1.54) is 12.1 Å². The summed E-state index contributed by atoms with van der Waals surface area (Å²) in [6.07, 6.45) is 1.00. The number of nitrogens with one attached hydrogen (secondary N) is 1. The number of hydrogen-bond acceptors (Lipinski definition) is 4. The molecule has 0 saturated heterocycles. The molecule has 0 bridgehead atoms. The fourth-order valence-electron chi connectivity index (χ4n) is 2.45. The molecule has 2 N–H and O–H groups in total. The summed E-state index contributed by atoms with van der Waals surface area (Å²) in [5.41, 5.74) is 2.38. The van der Waals surface area contributed by atoms with Crippen molar-refractivity contribution < 1.29 is 14.3 Å². The maximum absolute atomic E-state index is 12.9. The second-order valence-corrected chi connectivity index (χ2v) is 4.95. The first kappa shape index (κ1) is 13.6. The maximum atomic E-state index is 12.9. The SMILES string of the molecule is O=C(O)c1nc(Cc2ccc(F)cc2)nc2c1CCNC2. The molecule has 2 aromatic rings. The molecule has 0 amide bonds. The molecular formula is C15H14FN3O2. The number of fused-ring (bicyclic) bond motifs is 1. The fraction of sp³-hybridized carbons (Fsp3) is 0.267. The highest BCUT2D eigenvalue weighted by Crippen LogP contribution is 2.17. The number of benzene rings is 1. The number of carboxylic acids is 1. The van der Waals surface area contributed by atoms with Crippen LogP contribution in [0.5, 0.6) is 0 Å². The van der Waals surface area contributed by atoms with Gasteiger partial charge in [0.1, 0.15) is 11.6 Å². The molecule has 1 aromatic carbocycles. The quantitative estimate of drug-likeness (QED) is 0.896. The van der Waals surface area contributed by atoms with E-state index in [1.807, 2.05) is 0 Å². The zero-order valence-electron chi connectivity index (χ0n) is 11.3. The molecule has 0 unspecified atom stereocenters. The Hall–Kier alpha value is -2.34. The van der Waals surface area contributed by atoms with E-state index in [1.54, 1.807) is 12.1 Å². The van der Waals surface area contributed by atoms with Gasteiger partial charge in [-0.15, -0.1) is 0 Å². The Morgan fingerprint density at radius 2 is 2.05 bits per heavy atom. The van der Waals surface area contributed by atoms with Gasteiger partial charge in [-0.1, -0.05) is 12.1 Å². The van der Waals surface area contributed by atoms with Crippen molar-refractivity contribution in [2.45, 2.75) is 19.4 Å². The summed E-state index contributed by atoms with van der Waals surface area (Å²) in [5, 5.41) is 12.5. The maximum Gasteiger partial charge on any atom is 0.354 e. The summed E-state index contributed by atoms with van der Waals surface area (Å²) in [6.45, 7) is 1.28. The van der Waals surface area contributed by atoms with Crippen LogP contribution in [0.3, 0.4) is 0 Å². The number of rotatable bonds is 3. The van der Waals surface area contributed by atoms with Crippen LogP contribution in [0, 0.1) is 5.82 Å². The Morgan fingerprint density at radius 1 is 1.29 bits per heavy atom. The molecule has 1 aromatic heterocycles. The molecule has 2 heterocycles. The van der Waals surface area contributed by atoms with Gasteiger partial charge < -0.3 is 10.4 Å². The lowest BCUT2D eigenvalue weighted by Gasteiger charge is -2.18. The van der Waals surface area contributed by atoms with Crippen molar-refractivity contribution in [1.82, 2.24) is 15.3 Å². The number of nitrogens with zero attached hydrogens (tertiary/aromatic N) is 2. The van der Waals surface area contributed by atoms with E-state index in [-0.39, 0.29) is 11.5 Å². The lowest BCUT2D eigenvalue weighted by atomic mass is 10.0. The third-order valence-electron chi connectivity index (χ3n) is 3.46. The van der Waals surface area contributed by atoms with E-state index in [4.69, 9.17) is 0 Å². The Bertz CT molecular complexity index is 686. The van der Waals surface area contributed by atoms with Crippen molar-refractivity contribution in [2.24, 2.45) is 0 Å². The normalized spacial score (nSPS) is 13.8. The van der Waals surface area contributed by atoms with E-state index in [9.17, 15) is 14.3 Å². The van der Waals surface area contributed by atoms with E-state index in [2.05, 4.69) is 15.3 Å². The molecule has 0 fully saturated rings. The minimum Gasteiger partial charge on any atom is -0.477 e. The van der Waals surface area contributed by atoms with Crippen LogP contribution in [0.2, 0.25) is 0 Å². The highest BCUT2D eigenvalue weighted by Gasteiger charge is 2.21. The molecule has 5 nitrogen and oxygen atoms in total. The lowest BCUT2D eigenvalue weighted by molar-refractivity contribution is 0.0688. The number of aromatic carboxylic acids is 1. The smallest absolute Gasteiger partial charge is 0.354 e. The standard InChI is InChI=1S/C15H14FN3O2/c16-10-3-1-9(2-4-10)7-13-18-12-8-17-6-5-11(12)14(19-13)15(20)21/h1-4,17H,5-8H2,(H,20,21). The lowest BCUT2D eigenvalue weighted by Crippen LogP contribution is -2.28. The van der Waals surface area contributed by atoms with Gasteiger partial charge >= 0.3 is 5.97 Å². The van der Waals surface area contributed by atoms with Crippen molar-refractivity contribution in [3.8, 4) is 0 Å². The molecule has 6 heteroatoms. The minimum atomic E-state index is -1.03. The average molecular weight is 287 g/mol. The monoisotopic (exact) mass is 287 g/mol. The van der Waals surface area contributed by atoms with Crippen LogP contribution < -0.4 is 5.32 Å². The third-order valence-corrected chi connectivity index (χ3v) is 3.46. The second-order valence-electron chi connectivity index (χ2n) is 4.95. The highest BCUT2D eigenvalue weighted by molar-refractivity contribution is 5.87. The Kier molecular flexibility index (Phi) is 3.62. The molecule has 0 spiro atoms. The summed E-state index contributed by atoms with van der Waals surface area (Å²) in [7, 11) is 0. The molecule has 3 rings (SSSR count). The zero-order valence-corrected chi connectivity index (χ0v) is 11.3. The molecule has 108 valence electrons. The van der Waals surface area contributed by atoms with E-state index in [0.29, 0.717) is 30.8 Å². The fourth-order valence-corrected chi connectivity index (χ4v) is 2.45. The number of halogens is 1. The van der Waals surface area contributed by atoms with Gasteiger partial charge in [-0.25, -0.2) is 19.2 Å². The number of hydrogen-bond donors (Lipinski definition) is 2. The Morgan fingerprint density at radius 3 is 2.76 bits per heavy atom. The number of aromatic nitrogens is 2. The Labute approximate surface area is 120 Å². The van der Waals surface area contributed by atoms with Crippen LogP contribution >= 0.6 is 0 Å². The van der Waals surface area contributed by atoms with Crippen LogP contribution in [0.25, 0.3) is 0 Å². The predicted molar refractivity (Wildman–Crippen MR) is 73.6 cm³/mol. The molecule has 1 aliphatic heterocycles. The first-order valence-corrected chi connectivity index (χ1v) is 6.70. The molecule has 0 aliphatic carbocycles. The van der Waals surface area contributed by atoms with Crippen LogP contribution in [0.15, 0.2) is 24.3 Å². The molecule has 21 heavy (non-hydrogen) atoms. The minimum absolute atomic E-state index is 0.0820. The van der Waals surface area contributed by atoms with Crippen molar-refractivity contribution >= 4 is 5.97 Å². The van der Waals surface area contributed by atoms with E-state index < -0.39 is 5.97 Å². The molecular weight excluding hydrogens is 273 g/mol. The number of carbonyl (C=O) groups is 1. The third kappa shape index (κ3) is 2.90. The molecule has 0 atom stereocenters. The largest absolute Gasteiger partial charge is 0.477 e. The van der Waals surface area contributed by atoms with Gasteiger partial charge in [-0.2, -0.15) is 0 Å². The summed E-state index contributed by atoms with van der Waals surface area (Å²) in [5.74, 6) is -0.891. The first-order chi connectivity index (χ1) is 10.1. The van der Waals surface area contributed by atoms with E-state index in [0.717, 1.165) is 17.8 Å². The molecule has 0 radical (unpaired) electrons. The second kappa shape index (κ2) is 5.57. The van der Waals surface area contributed by atoms with Gasteiger partial charge in [0.15, 0.2) is 5.69 Å². The van der Waals surface area contributed by atoms with Crippen LogP contribution in [-0.4, -0.2) is 27.6 Å². The van der Waals surface area contributed by atoms with Crippen molar-refractivity contribution in [1.29, 1.82) is 0 Å². The topological polar surface area (TPSA) is 75.1 Å². The van der Waals surface area contributed by atoms with Gasteiger partial charge in [-0.05, 0) is 30.7 Å². The van der Waals surface area contributed by atoms with Crippen LogP contribution in [-0.2, 0) is 19.4 Å². The summed E-state index contributed by atoms with van der Waals surface area (Å²) in [4.78, 5) is 20.0. The summed E-state index contributed by atoms with van der Waals surface area (Å²) < 4.78 is 12.9. The van der Waals surface area contributed by atoms with Gasteiger partial charge in [0.05, 0.1) is 5.69 Å². The van der Waals surface area contributed by atoms with Crippen molar-refractivity contribution in [2.75, 3.05) is 6.54 Å². The summed E-state index contributed by atoms with van der Waals surface area (Å²) in [6, 6.07) is 6.04. The van der Waals surface area contributed by atoms with Crippen molar-refractivity contribution in [3.63, 3.8) is 0 Å². The van der Waals surface area contributed by atoms with Gasteiger partial charge in [-0.3, -0.25) is 0 Å². The van der Waals surface area contributed by atoms with Gasteiger partial charge in [0.2, 0.25) is 0 Å². The van der Waals surface area contributed by atoms with Gasteiger partial charge in [0.25, 0.3) is 0 Å².